The van der Waals surface area contributed by atoms with Crippen LogP contribution in [0.3, 0.4) is 0 Å². The molecule has 5 rings (SSSR count). The number of fused-ring (bicyclic) bond motifs is 2. The largest absolute Gasteiger partial charge is 0.346 e. The molecule has 0 aliphatic heterocycles. The zero-order valence-corrected chi connectivity index (χ0v) is 14.3. The van der Waals surface area contributed by atoms with Crippen LogP contribution in [-0.2, 0) is 0 Å². The fourth-order valence-electron chi connectivity index (χ4n) is 3.64. The fourth-order valence-corrected chi connectivity index (χ4v) is 4.43. The monoisotopic (exact) mass is 348 g/mol. The molecule has 0 atom stereocenters. The van der Waals surface area contributed by atoms with Crippen LogP contribution in [0.15, 0.2) is 57.4 Å². The van der Waals surface area contributed by atoms with Crippen molar-refractivity contribution in [2.75, 3.05) is 0 Å². The third kappa shape index (κ3) is 2.12. The Bertz CT molecular complexity index is 1210. The number of hydrogen-bond donors (Lipinski definition) is 1. The Balaban J connectivity index is 1.95. The number of aromatic nitrogens is 2. The van der Waals surface area contributed by atoms with Gasteiger partial charge in [-0.25, -0.2) is 0 Å². The first kappa shape index (κ1) is 14.7. The van der Waals surface area contributed by atoms with Crippen LogP contribution in [0, 0.1) is 0 Å². The molecule has 5 heteroatoms. The van der Waals surface area contributed by atoms with E-state index in [1.54, 1.807) is 10.6 Å². The maximum atomic E-state index is 13.3. The highest BCUT2D eigenvalue weighted by Gasteiger charge is 2.25. The number of para-hydroxylation sites is 1. The Kier molecular flexibility index (Phi) is 3.18. The number of nitrogens with one attached hydrogen (secondary N) is 1. The second-order valence-corrected chi connectivity index (χ2v) is 7.50. The minimum atomic E-state index is -0.222. The molecule has 0 amide bonds. The van der Waals surface area contributed by atoms with Crippen molar-refractivity contribution in [2.45, 2.75) is 25.2 Å². The van der Waals surface area contributed by atoms with Crippen LogP contribution in [0.5, 0.6) is 0 Å². The van der Waals surface area contributed by atoms with E-state index in [4.69, 9.17) is 0 Å². The van der Waals surface area contributed by atoms with E-state index in [0.29, 0.717) is 16.8 Å². The lowest BCUT2D eigenvalue weighted by Gasteiger charge is -2.28. The van der Waals surface area contributed by atoms with Gasteiger partial charge < -0.3 is 4.98 Å². The number of rotatable bonds is 2. The first-order valence-electron chi connectivity index (χ1n) is 8.48. The van der Waals surface area contributed by atoms with E-state index in [1.807, 2.05) is 41.8 Å². The molecule has 1 fully saturated rings. The number of aromatic amines is 1. The lowest BCUT2D eigenvalue weighted by atomic mass is 9.82. The first-order chi connectivity index (χ1) is 12.2. The summed E-state index contributed by atoms with van der Waals surface area (Å²) >= 11 is 1.49. The summed E-state index contributed by atoms with van der Waals surface area (Å²) in [6.45, 7) is 0. The van der Waals surface area contributed by atoms with Gasteiger partial charge in [0.1, 0.15) is 10.2 Å². The lowest BCUT2D eigenvalue weighted by Crippen LogP contribution is -2.29. The number of H-pyrrole nitrogens is 1. The third-order valence-corrected chi connectivity index (χ3v) is 5.99. The summed E-state index contributed by atoms with van der Waals surface area (Å²) in [7, 11) is 0. The number of nitrogens with zero attached hydrogens (tertiary/aromatic N) is 1. The van der Waals surface area contributed by atoms with Crippen molar-refractivity contribution in [1.29, 1.82) is 0 Å². The van der Waals surface area contributed by atoms with Gasteiger partial charge in [-0.15, -0.1) is 11.3 Å². The Morgan fingerprint density at radius 1 is 1.08 bits per heavy atom. The maximum absolute atomic E-state index is 13.3. The van der Waals surface area contributed by atoms with Crippen molar-refractivity contribution < 1.29 is 0 Å². The van der Waals surface area contributed by atoms with E-state index in [1.165, 1.54) is 17.8 Å². The molecular formula is C20H16N2O2S. The maximum Gasteiger partial charge on any atom is 0.268 e. The van der Waals surface area contributed by atoms with Gasteiger partial charge in [-0.3, -0.25) is 14.2 Å². The second-order valence-electron chi connectivity index (χ2n) is 6.58. The summed E-state index contributed by atoms with van der Waals surface area (Å²) in [5.41, 5.74) is 2.07. The number of benzene rings is 1. The zero-order valence-electron chi connectivity index (χ0n) is 13.5. The highest BCUT2D eigenvalue weighted by Crippen LogP contribution is 2.37. The Morgan fingerprint density at radius 3 is 2.60 bits per heavy atom. The van der Waals surface area contributed by atoms with Crippen LogP contribution in [0.4, 0.5) is 0 Å². The summed E-state index contributed by atoms with van der Waals surface area (Å²) < 4.78 is 1.74. The van der Waals surface area contributed by atoms with Crippen LogP contribution in [0.25, 0.3) is 26.8 Å². The van der Waals surface area contributed by atoms with E-state index in [-0.39, 0.29) is 16.4 Å². The lowest BCUT2D eigenvalue weighted by molar-refractivity contribution is 0.404. The van der Waals surface area contributed by atoms with Gasteiger partial charge in [0.05, 0.1) is 10.9 Å². The molecule has 3 heterocycles. The molecule has 1 aromatic carbocycles. The first-order valence-corrected chi connectivity index (χ1v) is 9.36. The van der Waals surface area contributed by atoms with E-state index in [2.05, 4.69) is 4.98 Å². The van der Waals surface area contributed by atoms with Crippen molar-refractivity contribution >= 4 is 32.5 Å². The average Bonchev–Trinajstić information content (AvgIpc) is 3.03. The molecule has 3 aromatic heterocycles. The van der Waals surface area contributed by atoms with Crippen molar-refractivity contribution in [1.82, 2.24) is 9.55 Å². The SMILES string of the molecule is O=c1c2ccsc2[nH]c2cc(C3CCC3)n(-c3ccccc3)c(=O)c12. The number of hydrogen-bond acceptors (Lipinski definition) is 3. The van der Waals surface area contributed by atoms with Crippen LogP contribution in [-0.4, -0.2) is 9.55 Å². The van der Waals surface area contributed by atoms with Crippen molar-refractivity contribution in [2.24, 2.45) is 0 Å². The van der Waals surface area contributed by atoms with Crippen LogP contribution >= 0.6 is 11.3 Å². The average molecular weight is 348 g/mol. The normalized spacial score (nSPS) is 14.9. The smallest absolute Gasteiger partial charge is 0.268 e. The van der Waals surface area contributed by atoms with Gasteiger partial charge in [0.2, 0.25) is 5.43 Å². The highest BCUT2D eigenvalue weighted by molar-refractivity contribution is 7.16. The molecule has 0 radical (unpaired) electrons. The van der Waals surface area contributed by atoms with Gasteiger partial charge in [0, 0.05) is 11.4 Å². The molecule has 1 aliphatic rings. The van der Waals surface area contributed by atoms with Gasteiger partial charge in [0.15, 0.2) is 0 Å². The molecule has 124 valence electrons. The standard InChI is InChI=1S/C20H16N2O2S/c23-18-14-9-10-25-19(14)21-15-11-16(12-5-4-6-12)22(20(24)17(15)18)13-7-2-1-3-8-13/h1-3,7-12H,4-6H2,(H,21,23). The van der Waals surface area contributed by atoms with Crippen LogP contribution in [0.1, 0.15) is 30.9 Å². The van der Waals surface area contributed by atoms with Gasteiger partial charge in [-0.1, -0.05) is 24.6 Å². The Morgan fingerprint density at radius 2 is 1.88 bits per heavy atom. The molecule has 0 bridgehead atoms. The molecule has 1 N–H and O–H groups in total. The number of pyridine rings is 2. The Labute approximate surface area is 147 Å². The molecule has 0 unspecified atom stereocenters. The summed E-state index contributed by atoms with van der Waals surface area (Å²) in [5.74, 6) is 0.375. The minimum Gasteiger partial charge on any atom is -0.346 e. The van der Waals surface area contributed by atoms with Crippen LogP contribution in [0.2, 0.25) is 0 Å². The van der Waals surface area contributed by atoms with Crippen molar-refractivity contribution in [3.63, 3.8) is 0 Å². The third-order valence-electron chi connectivity index (χ3n) is 5.16. The van der Waals surface area contributed by atoms with E-state index in [0.717, 1.165) is 29.1 Å². The van der Waals surface area contributed by atoms with Gasteiger partial charge in [-0.05, 0) is 48.4 Å². The summed E-state index contributed by atoms with van der Waals surface area (Å²) in [6.07, 6.45) is 3.36. The zero-order chi connectivity index (χ0) is 17.0. The molecule has 0 saturated heterocycles. The van der Waals surface area contributed by atoms with E-state index < -0.39 is 0 Å². The Hall–Kier alpha value is -2.66. The van der Waals surface area contributed by atoms with Crippen molar-refractivity contribution in [3.8, 4) is 5.69 Å². The van der Waals surface area contributed by atoms with Crippen molar-refractivity contribution in [3.05, 3.63) is 74.1 Å². The predicted octanol–water partition coefficient (Wildman–Crippen LogP) is 4.16. The van der Waals surface area contributed by atoms with Gasteiger partial charge in [0.25, 0.3) is 5.56 Å². The molecule has 0 spiro atoms. The van der Waals surface area contributed by atoms with Gasteiger partial charge in [-0.2, -0.15) is 0 Å². The predicted molar refractivity (Wildman–Crippen MR) is 102 cm³/mol. The second kappa shape index (κ2) is 5.43. The molecule has 4 nitrogen and oxygen atoms in total. The molecule has 4 aromatic rings. The molecular weight excluding hydrogens is 332 g/mol. The minimum absolute atomic E-state index is 0.181. The number of thiophene rings is 1. The molecule has 1 aliphatic carbocycles. The topological polar surface area (TPSA) is 54.9 Å². The quantitative estimate of drug-likeness (QED) is 0.591. The fraction of sp³-hybridized carbons (Fsp3) is 0.200. The summed E-state index contributed by atoms with van der Waals surface area (Å²) in [4.78, 5) is 30.3. The molecule has 1 saturated carbocycles. The van der Waals surface area contributed by atoms with E-state index >= 15 is 0 Å². The molecule has 25 heavy (non-hydrogen) atoms. The highest BCUT2D eigenvalue weighted by atomic mass is 32.1. The van der Waals surface area contributed by atoms with E-state index in [9.17, 15) is 9.59 Å². The summed E-state index contributed by atoms with van der Waals surface area (Å²) in [5, 5.41) is 2.72. The summed E-state index contributed by atoms with van der Waals surface area (Å²) in [6, 6.07) is 13.4. The van der Waals surface area contributed by atoms with Crippen LogP contribution < -0.4 is 11.0 Å². The van der Waals surface area contributed by atoms with Gasteiger partial charge >= 0.3 is 0 Å².